The lowest BCUT2D eigenvalue weighted by Crippen LogP contribution is -2.31. The quantitative estimate of drug-likeness (QED) is 0.235. The maximum Gasteiger partial charge on any atom is 0.407 e. The highest BCUT2D eigenvalue weighted by molar-refractivity contribution is 5.67. The predicted octanol–water partition coefficient (Wildman–Crippen LogP) is 4.44. The number of ether oxygens (including phenoxy) is 1. The molecule has 0 spiro atoms. The summed E-state index contributed by atoms with van der Waals surface area (Å²) in [6.45, 7) is 0.572. The molecule has 2 aromatic carbocycles. The number of benzene rings is 2. The number of carbonyl (C=O) groups is 1. The summed E-state index contributed by atoms with van der Waals surface area (Å²) in [5.41, 5.74) is 3.43. The van der Waals surface area contributed by atoms with Crippen molar-refractivity contribution in [2.75, 3.05) is 20.6 Å². The number of nitrogens with zero attached hydrogens (tertiary/aromatic N) is 4. The summed E-state index contributed by atoms with van der Waals surface area (Å²) in [5.74, 6) is 1.09. The van der Waals surface area contributed by atoms with Crippen molar-refractivity contribution >= 4 is 18.4 Å². The van der Waals surface area contributed by atoms with Crippen LogP contribution in [0.25, 0.3) is 11.3 Å². The average molecular weight is 514 g/mol. The van der Waals surface area contributed by atoms with E-state index in [1.165, 1.54) is 10.6 Å². The number of hydrogen-bond donors (Lipinski definition) is 1. The Kier molecular flexibility index (Phi) is 9.07. The molecule has 38 heavy (non-hydrogen) atoms. The molecule has 9 nitrogen and oxygen atoms in total. The fourth-order valence-corrected chi connectivity index (χ4v) is 3.78. The van der Waals surface area contributed by atoms with E-state index in [9.17, 15) is 9.59 Å². The topological polar surface area (TPSA) is 102 Å². The van der Waals surface area contributed by atoms with E-state index in [1.807, 2.05) is 74.8 Å². The number of rotatable bonds is 11. The molecule has 196 valence electrons. The van der Waals surface area contributed by atoms with Gasteiger partial charge in [-0.25, -0.2) is 14.8 Å². The summed E-state index contributed by atoms with van der Waals surface area (Å²) >= 11 is 0. The molecule has 1 N–H and O–H groups in total. The number of aliphatic imine (C=N–C) groups is 1. The van der Waals surface area contributed by atoms with E-state index < -0.39 is 6.09 Å². The summed E-state index contributed by atoms with van der Waals surface area (Å²) in [7, 11) is 3.68. The van der Waals surface area contributed by atoms with Gasteiger partial charge < -0.3 is 19.4 Å². The molecule has 0 fully saturated rings. The molecule has 0 aliphatic heterocycles. The van der Waals surface area contributed by atoms with Gasteiger partial charge in [0, 0.05) is 38.8 Å². The normalized spacial score (nSPS) is 11.0. The van der Waals surface area contributed by atoms with Gasteiger partial charge >= 0.3 is 6.09 Å². The molecule has 0 saturated carbocycles. The number of aryl methyl sites for hydroxylation is 2. The van der Waals surface area contributed by atoms with E-state index in [1.54, 1.807) is 17.5 Å². The Morgan fingerprint density at radius 1 is 1.05 bits per heavy atom. The highest BCUT2D eigenvalue weighted by atomic mass is 16.5. The highest BCUT2D eigenvalue weighted by Gasteiger charge is 2.11. The summed E-state index contributed by atoms with van der Waals surface area (Å²) in [6.07, 6.45) is 3.97. The number of amides is 1. The SMILES string of the molecule is CN(C)C=Nc1nc(CCc2cccc(-c3ccco3)c2)cc(=O)n1CCNC(=O)OCc1ccccc1. The number of carbonyl (C=O) groups excluding carboxylic acids is 1. The van der Waals surface area contributed by atoms with Gasteiger partial charge in [0.05, 0.1) is 18.3 Å². The van der Waals surface area contributed by atoms with Crippen molar-refractivity contribution in [2.24, 2.45) is 4.99 Å². The van der Waals surface area contributed by atoms with Crippen molar-refractivity contribution in [3.05, 3.63) is 106 Å². The van der Waals surface area contributed by atoms with Crippen LogP contribution >= 0.6 is 0 Å². The van der Waals surface area contributed by atoms with E-state index in [0.717, 1.165) is 22.5 Å². The largest absolute Gasteiger partial charge is 0.464 e. The maximum absolute atomic E-state index is 13.0. The first kappa shape index (κ1) is 26.4. The zero-order valence-electron chi connectivity index (χ0n) is 21.5. The van der Waals surface area contributed by atoms with E-state index in [4.69, 9.17) is 9.15 Å². The van der Waals surface area contributed by atoms with E-state index in [-0.39, 0.29) is 31.2 Å². The molecule has 0 aliphatic rings. The van der Waals surface area contributed by atoms with Crippen LogP contribution in [0.3, 0.4) is 0 Å². The fourth-order valence-electron chi connectivity index (χ4n) is 3.78. The van der Waals surface area contributed by atoms with Crippen LogP contribution in [0.1, 0.15) is 16.8 Å². The monoisotopic (exact) mass is 513 g/mol. The molecular weight excluding hydrogens is 482 g/mol. The van der Waals surface area contributed by atoms with Crippen molar-refractivity contribution in [3.63, 3.8) is 0 Å². The number of hydrogen-bond acceptors (Lipinski definition) is 6. The molecule has 4 aromatic rings. The lowest BCUT2D eigenvalue weighted by Gasteiger charge is -2.12. The van der Waals surface area contributed by atoms with Gasteiger partial charge in [0.1, 0.15) is 12.4 Å². The van der Waals surface area contributed by atoms with Gasteiger partial charge in [-0.3, -0.25) is 9.36 Å². The van der Waals surface area contributed by atoms with Crippen LogP contribution in [0.5, 0.6) is 0 Å². The molecule has 0 saturated heterocycles. The molecule has 0 aliphatic carbocycles. The molecule has 0 bridgehead atoms. The van der Waals surface area contributed by atoms with Gasteiger partial charge in [-0.1, -0.05) is 48.5 Å². The second-order valence-corrected chi connectivity index (χ2v) is 8.91. The van der Waals surface area contributed by atoms with E-state index in [0.29, 0.717) is 18.5 Å². The smallest absolute Gasteiger partial charge is 0.407 e. The van der Waals surface area contributed by atoms with Crippen molar-refractivity contribution in [2.45, 2.75) is 26.0 Å². The molecule has 9 heteroatoms. The first-order valence-corrected chi connectivity index (χ1v) is 12.4. The molecule has 2 heterocycles. The molecule has 0 unspecified atom stereocenters. The van der Waals surface area contributed by atoms with Gasteiger partial charge in [0.2, 0.25) is 5.95 Å². The van der Waals surface area contributed by atoms with Crippen LogP contribution in [0, 0.1) is 0 Å². The van der Waals surface area contributed by atoms with Gasteiger partial charge in [0.25, 0.3) is 5.56 Å². The summed E-state index contributed by atoms with van der Waals surface area (Å²) in [6, 6.07) is 22.8. The van der Waals surface area contributed by atoms with Crippen LogP contribution in [-0.2, 0) is 30.7 Å². The Morgan fingerprint density at radius 2 is 1.87 bits per heavy atom. The Labute approximate surface area is 221 Å². The molecule has 2 aromatic heterocycles. The maximum atomic E-state index is 13.0. The van der Waals surface area contributed by atoms with Gasteiger partial charge in [-0.2, -0.15) is 0 Å². The molecule has 0 atom stereocenters. The Balaban J connectivity index is 1.40. The van der Waals surface area contributed by atoms with Gasteiger partial charge in [-0.05, 0) is 42.2 Å². The van der Waals surface area contributed by atoms with Crippen molar-refractivity contribution in [1.82, 2.24) is 19.8 Å². The van der Waals surface area contributed by atoms with Crippen LogP contribution in [0.2, 0.25) is 0 Å². The highest BCUT2D eigenvalue weighted by Crippen LogP contribution is 2.21. The summed E-state index contributed by atoms with van der Waals surface area (Å²) in [4.78, 5) is 35.9. The second kappa shape index (κ2) is 13.0. The fraction of sp³-hybridized carbons (Fsp3) is 0.241. The molecule has 1 amide bonds. The molecule has 4 rings (SSSR count). The van der Waals surface area contributed by atoms with Crippen LogP contribution < -0.4 is 10.9 Å². The zero-order valence-corrected chi connectivity index (χ0v) is 21.5. The Bertz CT molecular complexity index is 1410. The number of furan rings is 1. The predicted molar refractivity (Wildman–Crippen MR) is 147 cm³/mol. The third kappa shape index (κ3) is 7.67. The Morgan fingerprint density at radius 3 is 2.63 bits per heavy atom. The lowest BCUT2D eigenvalue weighted by atomic mass is 10.0. The van der Waals surface area contributed by atoms with Crippen LogP contribution in [0.4, 0.5) is 10.7 Å². The average Bonchev–Trinajstić information content (AvgIpc) is 3.47. The van der Waals surface area contributed by atoms with Crippen molar-refractivity contribution < 1.29 is 13.9 Å². The third-order valence-electron chi connectivity index (χ3n) is 5.67. The molecular formula is C29H31N5O4. The summed E-state index contributed by atoms with van der Waals surface area (Å²) in [5, 5.41) is 2.68. The van der Waals surface area contributed by atoms with Crippen LogP contribution in [-0.4, -0.2) is 47.5 Å². The minimum absolute atomic E-state index is 0.172. The Hall–Kier alpha value is -4.66. The number of aromatic nitrogens is 2. The van der Waals surface area contributed by atoms with E-state index in [2.05, 4.69) is 21.4 Å². The van der Waals surface area contributed by atoms with Gasteiger partial charge in [-0.15, -0.1) is 0 Å². The number of nitrogens with one attached hydrogen (secondary N) is 1. The van der Waals surface area contributed by atoms with E-state index >= 15 is 0 Å². The minimum atomic E-state index is -0.554. The van der Waals surface area contributed by atoms with Crippen LogP contribution in [0.15, 0.2) is 93.3 Å². The molecule has 0 radical (unpaired) electrons. The lowest BCUT2D eigenvalue weighted by molar-refractivity contribution is 0.139. The van der Waals surface area contributed by atoms with Gasteiger partial charge in [0.15, 0.2) is 0 Å². The zero-order chi connectivity index (χ0) is 26.7. The first-order valence-electron chi connectivity index (χ1n) is 12.4. The first-order chi connectivity index (χ1) is 18.5. The van der Waals surface area contributed by atoms with Crippen molar-refractivity contribution in [3.8, 4) is 11.3 Å². The third-order valence-corrected chi connectivity index (χ3v) is 5.67. The second-order valence-electron chi connectivity index (χ2n) is 8.91. The minimum Gasteiger partial charge on any atom is -0.464 e. The number of alkyl carbamates (subject to hydrolysis) is 1. The standard InChI is InChI=1S/C29H31N5O4/c1-33(2)21-31-28-32-25(14-13-22-10-6-11-24(18-22)26-12-7-17-37-26)19-27(35)34(28)16-15-30-29(36)38-20-23-8-4-3-5-9-23/h3-12,17-19,21H,13-16,20H2,1-2H3,(H,30,36). The summed E-state index contributed by atoms with van der Waals surface area (Å²) < 4.78 is 12.2. The van der Waals surface area contributed by atoms with Crippen molar-refractivity contribution in [1.29, 1.82) is 0 Å².